The molecule has 1 aliphatic rings. The van der Waals surface area contributed by atoms with Gasteiger partial charge in [0.25, 0.3) is 0 Å². The third kappa shape index (κ3) is 3.38. The van der Waals surface area contributed by atoms with E-state index in [0.717, 1.165) is 0 Å². The normalized spacial score (nSPS) is 27.4. The Morgan fingerprint density at radius 3 is 2.35 bits per heavy atom. The number of hydrogen-bond donors (Lipinski definition) is 2. The summed E-state index contributed by atoms with van der Waals surface area (Å²) in [5, 5.41) is 13.2. The van der Waals surface area contributed by atoms with E-state index >= 15 is 0 Å². The lowest BCUT2D eigenvalue weighted by molar-refractivity contribution is -0.184. The number of alkyl halides is 3. The number of halogens is 4. The Morgan fingerprint density at radius 2 is 1.85 bits per heavy atom. The molecular weight excluding hydrogens is 291 g/mol. The lowest BCUT2D eigenvalue weighted by Crippen LogP contribution is -2.47. The maximum Gasteiger partial charge on any atom is 0.391 e. The van der Waals surface area contributed by atoms with Crippen LogP contribution in [0.4, 0.5) is 18.9 Å². The van der Waals surface area contributed by atoms with Crippen LogP contribution >= 0.6 is 11.6 Å². The molecule has 0 saturated heterocycles. The first-order chi connectivity index (χ1) is 9.36. The van der Waals surface area contributed by atoms with Crippen LogP contribution in [-0.4, -0.2) is 23.4 Å². The van der Waals surface area contributed by atoms with Gasteiger partial charge in [0.2, 0.25) is 0 Å². The number of benzene rings is 1. The van der Waals surface area contributed by atoms with Crippen molar-refractivity contribution in [3.05, 3.63) is 29.3 Å². The molecule has 112 valence electrons. The molecule has 1 saturated carbocycles. The molecule has 0 heterocycles. The molecule has 1 aromatic carbocycles. The fourth-order valence-corrected chi connectivity index (χ4v) is 2.85. The fourth-order valence-electron chi connectivity index (χ4n) is 2.67. The average molecular weight is 308 g/mol. The molecule has 0 spiro atoms. The van der Waals surface area contributed by atoms with Gasteiger partial charge in [0.1, 0.15) is 0 Å². The zero-order valence-electron chi connectivity index (χ0n) is 10.9. The smallest absolute Gasteiger partial charge is 0.391 e. The molecule has 0 aliphatic heterocycles. The third-order valence-electron chi connectivity index (χ3n) is 3.98. The van der Waals surface area contributed by atoms with Gasteiger partial charge in [-0.3, -0.25) is 0 Å². The van der Waals surface area contributed by atoms with E-state index in [9.17, 15) is 18.3 Å². The predicted octanol–water partition coefficient (Wildman–Crippen LogP) is 4.24. The van der Waals surface area contributed by atoms with E-state index in [1.807, 2.05) is 0 Å². The second-order valence-electron chi connectivity index (χ2n) is 5.36. The van der Waals surface area contributed by atoms with Gasteiger partial charge in [0.15, 0.2) is 0 Å². The SMILES string of the molecule is OCC1(Nc2ccccc2Cl)CCC(C(F)(F)F)CC1. The topological polar surface area (TPSA) is 32.3 Å². The molecule has 20 heavy (non-hydrogen) atoms. The van der Waals surface area contributed by atoms with Crippen LogP contribution < -0.4 is 5.32 Å². The Hall–Kier alpha value is -0.940. The van der Waals surface area contributed by atoms with Crippen LogP contribution in [0.15, 0.2) is 24.3 Å². The minimum atomic E-state index is -4.15. The Bertz CT molecular complexity index is 456. The molecular formula is C14H17ClF3NO. The lowest BCUT2D eigenvalue weighted by Gasteiger charge is -2.40. The van der Waals surface area contributed by atoms with Crippen molar-refractivity contribution in [2.24, 2.45) is 5.92 Å². The van der Waals surface area contributed by atoms with Crippen LogP contribution in [0, 0.1) is 5.92 Å². The number of aliphatic hydroxyl groups is 1. The number of hydrogen-bond acceptors (Lipinski definition) is 2. The summed E-state index contributed by atoms with van der Waals surface area (Å²) < 4.78 is 38.1. The summed E-state index contributed by atoms with van der Waals surface area (Å²) in [6.07, 6.45) is -3.53. The number of anilines is 1. The van der Waals surface area contributed by atoms with E-state index in [1.54, 1.807) is 24.3 Å². The molecule has 1 aliphatic carbocycles. The quantitative estimate of drug-likeness (QED) is 0.875. The van der Waals surface area contributed by atoms with Gasteiger partial charge in [-0.05, 0) is 37.8 Å². The molecule has 2 rings (SSSR count). The highest BCUT2D eigenvalue weighted by Crippen LogP contribution is 2.42. The van der Waals surface area contributed by atoms with Gasteiger partial charge < -0.3 is 10.4 Å². The van der Waals surface area contributed by atoms with E-state index < -0.39 is 17.6 Å². The molecule has 1 fully saturated rings. The van der Waals surface area contributed by atoms with Crippen LogP contribution in [0.3, 0.4) is 0 Å². The maximum atomic E-state index is 12.7. The summed E-state index contributed by atoms with van der Waals surface area (Å²) in [7, 11) is 0. The summed E-state index contributed by atoms with van der Waals surface area (Å²) in [5.41, 5.74) is -0.0686. The highest BCUT2D eigenvalue weighted by atomic mass is 35.5. The van der Waals surface area contributed by atoms with Gasteiger partial charge in [-0.1, -0.05) is 23.7 Å². The van der Waals surface area contributed by atoms with Gasteiger partial charge in [-0.25, -0.2) is 0 Å². The highest BCUT2D eigenvalue weighted by Gasteiger charge is 2.45. The summed E-state index contributed by atoms with van der Waals surface area (Å²) in [4.78, 5) is 0. The molecule has 6 heteroatoms. The van der Waals surface area contributed by atoms with Gasteiger partial charge >= 0.3 is 6.18 Å². The van der Waals surface area contributed by atoms with Crippen molar-refractivity contribution in [2.45, 2.75) is 37.4 Å². The summed E-state index contributed by atoms with van der Waals surface area (Å²) >= 11 is 6.04. The van der Waals surface area contributed by atoms with E-state index in [1.165, 1.54) is 0 Å². The Morgan fingerprint density at radius 1 is 1.25 bits per heavy atom. The second kappa shape index (κ2) is 5.82. The molecule has 0 bridgehead atoms. The number of aliphatic hydroxyl groups excluding tert-OH is 1. The molecule has 0 aromatic heterocycles. The van der Waals surface area contributed by atoms with Gasteiger partial charge in [0, 0.05) is 0 Å². The largest absolute Gasteiger partial charge is 0.394 e. The molecule has 0 amide bonds. The zero-order valence-corrected chi connectivity index (χ0v) is 11.6. The molecule has 1 aromatic rings. The highest BCUT2D eigenvalue weighted by molar-refractivity contribution is 6.33. The number of rotatable bonds is 3. The van der Waals surface area contributed by atoms with Crippen molar-refractivity contribution in [3.8, 4) is 0 Å². The first-order valence-corrected chi connectivity index (χ1v) is 6.94. The monoisotopic (exact) mass is 307 g/mol. The molecule has 2 nitrogen and oxygen atoms in total. The molecule has 2 N–H and O–H groups in total. The van der Waals surface area contributed by atoms with Crippen LogP contribution in [0.25, 0.3) is 0 Å². The van der Waals surface area contributed by atoms with Crippen molar-refractivity contribution in [2.75, 3.05) is 11.9 Å². The first kappa shape index (κ1) is 15.4. The van der Waals surface area contributed by atoms with Gasteiger partial charge in [-0.15, -0.1) is 0 Å². The fraction of sp³-hybridized carbons (Fsp3) is 0.571. The third-order valence-corrected chi connectivity index (χ3v) is 4.31. The van der Waals surface area contributed by atoms with E-state index in [0.29, 0.717) is 10.7 Å². The zero-order chi connectivity index (χ0) is 14.8. The van der Waals surface area contributed by atoms with Crippen molar-refractivity contribution in [1.29, 1.82) is 0 Å². The maximum absolute atomic E-state index is 12.7. The van der Waals surface area contributed by atoms with Gasteiger partial charge in [0.05, 0.1) is 28.8 Å². The number of para-hydroxylation sites is 1. The van der Waals surface area contributed by atoms with Crippen LogP contribution in [0.1, 0.15) is 25.7 Å². The van der Waals surface area contributed by atoms with Crippen molar-refractivity contribution < 1.29 is 18.3 Å². The Labute approximate surface area is 120 Å². The predicted molar refractivity (Wildman–Crippen MR) is 72.9 cm³/mol. The van der Waals surface area contributed by atoms with Gasteiger partial charge in [-0.2, -0.15) is 13.2 Å². The average Bonchev–Trinajstić information content (AvgIpc) is 2.41. The summed E-state index contributed by atoms with van der Waals surface area (Å²) in [6.45, 7) is -0.206. The second-order valence-corrected chi connectivity index (χ2v) is 5.77. The Kier molecular flexibility index (Phi) is 4.49. The number of nitrogens with one attached hydrogen (secondary N) is 1. The Balaban J connectivity index is 2.08. The van der Waals surface area contributed by atoms with Crippen molar-refractivity contribution in [1.82, 2.24) is 0 Å². The summed E-state index contributed by atoms with van der Waals surface area (Å²) in [6, 6.07) is 7.03. The first-order valence-electron chi connectivity index (χ1n) is 6.57. The minimum absolute atomic E-state index is 0.0293. The standard InChI is InChI=1S/C14H17ClF3NO/c15-11-3-1-2-4-12(11)19-13(9-20)7-5-10(6-8-13)14(16,17)18/h1-4,10,19-20H,5-9H2. The van der Waals surface area contributed by atoms with Crippen molar-refractivity contribution in [3.63, 3.8) is 0 Å². The molecule has 0 unspecified atom stereocenters. The van der Waals surface area contributed by atoms with Crippen molar-refractivity contribution >= 4 is 17.3 Å². The summed E-state index contributed by atoms with van der Waals surface area (Å²) in [5.74, 6) is -1.27. The lowest BCUT2D eigenvalue weighted by atomic mass is 9.76. The minimum Gasteiger partial charge on any atom is -0.394 e. The van der Waals surface area contributed by atoms with E-state index in [4.69, 9.17) is 11.6 Å². The molecule has 0 atom stereocenters. The van der Waals surface area contributed by atoms with Crippen LogP contribution in [-0.2, 0) is 0 Å². The van der Waals surface area contributed by atoms with Crippen LogP contribution in [0.5, 0.6) is 0 Å². The van der Waals surface area contributed by atoms with E-state index in [2.05, 4.69) is 5.32 Å². The van der Waals surface area contributed by atoms with E-state index in [-0.39, 0.29) is 32.3 Å². The van der Waals surface area contributed by atoms with Crippen LogP contribution in [0.2, 0.25) is 5.02 Å². The molecule has 0 radical (unpaired) electrons.